The van der Waals surface area contributed by atoms with E-state index in [2.05, 4.69) is 24.7 Å². The highest BCUT2D eigenvalue weighted by Gasteiger charge is 2.04. The number of hydrogen-bond acceptors (Lipinski definition) is 2. The van der Waals surface area contributed by atoms with Crippen molar-refractivity contribution in [2.75, 3.05) is 19.6 Å². The lowest BCUT2D eigenvalue weighted by Gasteiger charge is -2.20. The number of nitrogens with zero attached hydrogens (tertiary/aromatic N) is 1. The Labute approximate surface area is 82.5 Å². The summed E-state index contributed by atoms with van der Waals surface area (Å²) in [5.74, 6) is 2.62. The van der Waals surface area contributed by atoms with E-state index in [1.165, 1.54) is 0 Å². The summed E-state index contributed by atoms with van der Waals surface area (Å²) >= 11 is 0. The van der Waals surface area contributed by atoms with Crippen molar-refractivity contribution in [3.05, 3.63) is 0 Å². The number of terminal acetylenes is 1. The second-order valence-electron chi connectivity index (χ2n) is 3.32. The van der Waals surface area contributed by atoms with Gasteiger partial charge >= 0.3 is 0 Å². The molecular weight excluding hydrogens is 160 g/mol. The van der Waals surface area contributed by atoms with Gasteiger partial charge in [-0.05, 0) is 32.5 Å². The molecule has 0 fully saturated rings. The third-order valence-electron chi connectivity index (χ3n) is 2.37. The van der Waals surface area contributed by atoms with E-state index < -0.39 is 0 Å². The molecule has 0 aromatic carbocycles. The number of nitrogens with two attached hydrogens (primary N) is 1. The molecule has 0 aromatic heterocycles. The van der Waals surface area contributed by atoms with E-state index in [0.29, 0.717) is 0 Å². The molecule has 0 saturated heterocycles. The largest absolute Gasteiger partial charge is 0.328 e. The first-order chi connectivity index (χ1) is 6.24. The monoisotopic (exact) mass is 182 g/mol. The van der Waals surface area contributed by atoms with E-state index >= 15 is 0 Å². The zero-order valence-electron chi connectivity index (χ0n) is 8.92. The second kappa shape index (κ2) is 8.10. The predicted octanol–water partition coefficient (Wildman–Crippen LogP) is 1.46. The summed E-state index contributed by atoms with van der Waals surface area (Å²) in [5, 5.41) is 0. The molecule has 2 nitrogen and oxygen atoms in total. The van der Waals surface area contributed by atoms with Crippen molar-refractivity contribution in [1.29, 1.82) is 0 Å². The fourth-order valence-corrected chi connectivity index (χ4v) is 1.30. The molecule has 0 aromatic rings. The van der Waals surface area contributed by atoms with Gasteiger partial charge < -0.3 is 10.6 Å². The molecule has 76 valence electrons. The molecular formula is C11H22N2. The van der Waals surface area contributed by atoms with Gasteiger partial charge in [0.15, 0.2) is 0 Å². The van der Waals surface area contributed by atoms with Crippen LogP contribution in [0.1, 0.15) is 33.1 Å². The first kappa shape index (κ1) is 12.5. The number of hydrogen-bond donors (Lipinski definition) is 1. The summed E-state index contributed by atoms with van der Waals surface area (Å²) < 4.78 is 0. The van der Waals surface area contributed by atoms with Gasteiger partial charge in [0.2, 0.25) is 0 Å². The molecule has 1 atom stereocenters. The normalized spacial score (nSPS) is 12.8. The van der Waals surface area contributed by atoms with Gasteiger partial charge in [0, 0.05) is 12.5 Å². The van der Waals surface area contributed by atoms with Gasteiger partial charge in [-0.2, -0.15) is 0 Å². The van der Waals surface area contributed by atoms with Crippen LogP contribution in [0, 0.1) is 12.3 Å². The van der Waals surface area contributed by atoms with Crippen molar-refractivity contribution in [3.63, 3.8) is 0 Å². The molecule has 0 aliphatic carbocycles. The Morgan fingerprint density at radius 1 is 1.31 bits per heavy atom. The van der Waals surface area contributed by atoms with Crippen LogP contribution in [-0.2, 0) is 0 Å². The van der Waals surface area contributed by atoms with E-state index in [1.54, 1.807) is 0 Å². The predicted molar refractivity (Wildman–Crippen MR) is 58.4 cm³/mol. The molecule has 1 unspecified atom stereocenters. The lowest BCUT2D eigenvalue weighted by atomic mass is 10.1. The third-order valence-corrected chi connectivity index (χ3v) is 2.37. The van der Waals surface area contributed by atoms with E-state index in [4.69, 9.17) is 12.2 Å². The average Bonchev–Trinajstić information content (AvgIpc) is 2.16. The quantitative estimate of drug-likeness (QED) is 0.604. The molecule has 0 spiro atoms. The Balaban J connectivity index is 3.45. The fourth-order valence-electron chi connectivity index (χ4n) is 1.30. The Morgan fingerprint density at radius 2 is 1.92 bits per heavy atom. The van der Waals surface area contributed by atoms with Gasteiger partial charge in [-0.25, -0.2) is 0 Å². The summed E-state index contributed by atoms with van der Waals surface area (Å²) in [6.07, 6.45) is 7.99. The van der Waals surface area contributed by atoms with E-state index in [1.807, 2.05) is 0 Å². The molecule has 2 heteroatoms. The summed E-state index contributed by atoms with van der Waals surface area (Å²) in [6, 6.07) is 0.275. The SMILES string of the molecule is C#CCCC(N)CCN(CC)CC. The topological polar surface area (TPSA) is 29.3 Å². The zero-order valence-corrected chi connectivity index (χ0v) is 8.92. The first-order valence-electron chi connectivity index (χ1n) is 5.15. The molecule has 0 saturated carbocycles. The van der Waals surface area contributed by atoms with Gasteiger partial charge in [-0.1, -0.05) is 13.8 Å². The minimum Gasteiger partial charge on any atom is -0.328 e. The summed E-state index contributed by atoms with van der Waals surface area (Å²) in [6.45, 7) is 7.67. The molecule has 0 amide bonds. The summed E-state index contributed by atoms with van der Waals surface area (Å²) in [7, 11) is 0. The lowest BCUT2D eigenvalue weighted by Crippen LogP contribution is -2.30. The Bertz CT molecular complexity index is 145. The van der Waals surface area contributed by atoms with Gasteiger partial charge in [-0.15, -0.1) is 12.3 Å². The molecule has 0 bridgehead atoms. The maximum absolute atomic E-state index is 5.90. The highest BCUT2D eigenvalue weighted by molar-refractivity contribution is 4.85. The highest BCUT2D eigenvalue weighted by Crippen LogP contribution is 2.00. The molecule has 0 radical (unpaired) electrons. The van der Waals surface area contributed by atoms with Crippen molar-refractivity contribution in [2.24, 2.45) is 5.73 Å². The first-order valence-corrected chi connectivity index (χ1v) is 5.15. The highest BCUT2D eigenvalue weighted by atomic mass is 15.1. The summed E-state index contributed by atoms with van der Waals surface area (Å²) in [4.78, 5) is 2.38. The molecule has 0 aliphatic heterocycles. The minimum absolute atomic E-state index is 0.275. The van der Waals surface area contributed by atoms with E-state index in [0.717, 1.165) is 38.9 Å². The van der Waals surface area contributed by atoms with Crippen molar-refractivity contribution in [2.45, 2.75) is 39.2 Å². The van der Waals surface area contributed by atoms with Gasteiger partial charge in [0.05, 0.1) is 0 Å². The van der Waals surface area contributed by atoms with Gasteiger partial charge in [-0.3, -0.25) is 0 Å². The van der Waals surface area contributed by atoms with Crippen molar-refractivity contribution in [3.8, 4) is 12.3 Å². The lowest BCUT2D eigenvalue weighted by molar-refractivity contribution is 0.288. The standard InChI is InChI=1S/C11H22N2/c1-4-7-8-11(12)9-10-13(5-2)6-3/h1,11H,5-10,12H2,2-3H3. The van der Waals surface area contributed by atoms with Crippen LogP contribution in [0.5, 0.6) is 0 Å². The fraction of sp³-hybridized carbons (Fsp3) is 0.818. The van der Waals surface area contributed by atoms with Crippen LogP contribution in [0.15, 0.2) is 0 Å². The smallest absolute Gasteiger partial charge is 0.0101 e. The molecule has 13 heavy (non-hydrogen) atoms. The van der Waals surface area contributed by atoms with Crippen LogP contribution in [0.25, 0.3) is 0 Å². The van der Waals surface area contributed by atoms with Crippen LogP contribution < -0.4 is 5.73 Å². The Morgan fingerprint density at radius 3 is 2.38 bits per heavy atom. The maximum atomic E-state index is 5.90. The van der Waals surface area contributed by atoms with Crippen molar-refractivity contribution in [1.82, 2.24) is 4.90 Å². The van der Waals surface area contributed by atoms with Crippen LogP contribution in [0.4, 0.5) is 0 Å². The van der Waals surface area contributed by atoms with Crippen LogP contribution in [-0.4, -0.2) is 30.6 Å². The average molecular weight is 182 g/mol. The Kier molecular flexibility index (Phi) is 7.77. The second-order valence-corrected chi connectivity index (χ2v) is 3.32. The van der Waals surface area contributed by atoms with Crippen LogP contribution >= 0.6 is 0 Å². The maximum Gasteiger partial charge on any atom is 0.0101 e. The van der Waals surface area contributed by atoms with Gasteiger partial charge in [0.1, 0.15) is 0 Å². The van der Waals surface area contributed by atoms with E-state index in [9.17, 15) is 0 Å². The minimum atomic E-state index is 0.275. The molecule has 2 N–H and O–H groups in total. The Hall–Kier alpha value is -0.520. The van der Waals surface area contributed by atoms with Crippen LogP contribution in [0.3, 0.4) is 0 Å². The van der Waals surface area contributed by atoms with Crippen molar-refractivity contribution < 1.29 is 0 Å². The van der Waals surface area contributed by atoms with Crippen LogP contribution in [0.2, 0.25) is 0 Å². The molecule has 0 aliphatic rings. The van der Waals surface area contributed by atoms with E-state index in [-0.39, 0.29) is 6.04 Å². The van der Waals surface area contributed by atoms with Crippen molar-refractivity contribution >= 4 is 0 Å². The molecule has 0 rings (SSSR count). The van der Waals surface area contributed by atoms with Gasteiger partial charge in [0.25, 0.3) is 0 Å². The zero-order chi connectivity index (χ0) is 10.1. The summed E-state index contributed by atoms with van der Waals surface area (Å²) in [5.41, 5.74) is 5.90. The third kappa shape index (κ3) is 6.62. The molecule has 0 heterocycles. The number of rotatable bonds is 7.